The van der Waals surface area contributed by atoms with E-state index in [0.717, 1.165) is 23.3 Å². The molecule has 56 valence electrons. The summed E-state index contributed by atoms with van der Waals surface area (Å²) in [6.07, 6.45) is 1.94. The molecule has 0 amide bonds. The van der Waals surface area contributed by atoms with Crippen molar-refractivity contribution in [2.24, 2.45) is 4.99 Å². The highest BCUT2D eigenvalue weighted by Crippen LogP contribution is 2.07. The largest absolute Gasteiger partial charge is 0.335 e. The molecule has 0 aromatic rings. The number of hydrogen-bond acceptors (Lipinski definition) is 2. The third-order valence-corrected chi connectivity index (χ3v) is 2.57. The van der Waals surface area contributed by atoms with E-state index >= 15 is 0 Å². The van der Waals surface area contributed by atoms with Crippen molar-refractivity contribution in [3.8, 4) is 0 Å². The molecule has 1 aliphatic rings. The van der Waals surface area contributed by atoms with Gasteiger partial charge in [0.2, 0.25) is 0 Å². The van der Waals surface area contributed by atoms with Gasteiger partial charge >= 0.3 is 0 Å². The fourth-order valence-electron chi connectivity index (χ4n) is 0.921. The second-order valence-corrected chi connectivity index (χ2v) is 4.30. The van der Waals surface area contributed by atoms with Gasteiger partial charge in [0.25, 0.3) is 0 Å². The van der Waals surface area contributed by atoms with Gasteiger partial charge in [0.15, 0.2) is 0 Å². The molecule has 10 heavy (non-hydrogen) atoms. The van der Waals surface area contributed by atoms with E-state index in [0.29, 0.717) is 0 Å². The maximum absolute atomic E-state index is 4.15. The van der Waals surface area contributed by atoms with Crippen molar-refractivity contribution in [2.75, 3.05) is 13.1 Å². The van der Waals surface area contributed by atoms with Crippen molar-refractivity contribution in [1.29, 1.82) is 0 Å². The minimum Gasteiger partial charge on any atom is -0.335 e. The number of nitrogens with zero attached hydrogens (tertiary/aromatic N) is 2. The molecule has 1 heterocycles. The Morgan fingerprint density at radius 2 is 2.30 bits per heavy atom. The molecule has 2 nitrogen and oxygen atoms in total. The van der Waals surface area contributed by atoms with E-state index < -0.39 is 0 Å². The Kier molecular flexibility index (Phi) is 2.27. The van der Waals surface area contributed by atoms with Crippen molar-refractivity contribution in [3.05, 3.63) is 10.9 Å². The van der Waals surface area contributed by atoms with E-state index in [1.165, 1.54) is 10.9 Å². The summed E-state index contributed by atoms with van der Waals surface area (Å²) in [6.45, 7) is 6.39. The predicted octanol–water partition coefficient (Wildman–Crippen LogP) is -0.0529. The first-order valence-corrected chi connectivity index (χ1v) is 4.62. The molecule has 0 unspecified atom stereocenters. The van der Waals surface area contributed by atoms with Crippen molar-refractivity contribution >= 4 is 16.6 Å². The van der Waals surface area contributed by atoms with Gasteiger partial charge in [0.1, 0.15) is 0 Å². The van der Waals surface area contributed by atoms with Gasteiger partial charge in [0.05, 0.1) is 12.9 Å². The first kappa shape index (κ1) is 7.53. The molecule has 0 atom stereocenters. The molecule has 0 spiro atoms. The van der Waals surface area contributed by atoms with Crippen LogP contribution in [-0.2, 0) is 0 Å². The minimum absolute atomic E-state index is 0.964. The predicted molar refractivity (Wildman–Crippen MR) is 48.4 cm³/mol. The zero-order valence-electron chi connectivity index (χ0n) is 6.89. The molecule has 0 bridgehead atoms. The first-order valence-electron chi connectivity index (χ1n) is 3.62. The number of aliphatic imine (C=N–C) groups is 1. The summed E-state index contributed by atoms with van der Waals surface area (Å²) in [4.78, 5) is 6.37. The van der Waals surface area contributed by atoms with Crippen LogP contribution >= 0.6 is 0 Å². The third kappa shape index (κ3) is 1.47. The van der Waals surface area contributed by atoms with Crippen LogP contribution in [0.2, 0.25) is 0 Å². The Bertz CT molecular complexity index is 180. The second kappa shape index (κ2) is 3.01. The number of hydrogen-bond donors (Lipinski definition) is 0. The van der Waals surface area contributed by atoms with Crippen molar-refractivity contribution < 1.29 is 0 Å². The van der Waals surface area contributed by atoms with Crippen molar-refractivity contribution in [3.63, 3.8) is 0 Å². The van der Waals surface area contributed by atoms with Gasteiger partial charge in [-0.3, -0.25) is 4.99 Å². The monoisotopic (exact) mass is 154 g/mol. The molecular weight excluding hydrogens is 140 g/mol. The summed E-state index contributed by atoms with van der Waals surface area (Å²) >= 11 is 0. The van der Waals surface area contributed by atoms with Crippen LogP contribution in [-0.4, -0.2) is 34.6 Å². The molecule has 0 aromatic carbocycles. The molecule has 0 N–H and O–H groups in total. The topological polar surface area (TPSA) is 15.6 Å². The highest BCUT2D eigenvalue weighted by molar-refractivity contribution is 6.21. The van der Waals surface area contributed by atoms with Gasteiger partial charge in [-0.05, 0) is 13.8 Å². The van der Waals surface area contributed by atoms with Crippen LogP contribution < -0.4 is 0 Å². The summed E-state index contributed by atoms with van der Waals surface area (Å²) in [7, 11) is 1.16. The summed E-state index contributed by atoms with van der Waals surface area (Å²) in [5, 5.41) is 1.51. The summed E-state index contributed by atoms with van der Waals surface area (Å²) in [5.74, 6) is 0. The molecule has 1 aliphatic heterocycles. The van der Waals surface area contributed by atoms with E-state index in [9.17, 15) is 0 Å². The van der Waals surface area contributed by atoms with Gasteiger partial charge in [-0.1, -0.05) is 5.20 Å². The zero-order valence-corrected chi connectivity index (χ0v) is 8.89. The average Bonchev–Trinajstić information content (AvgIpc) is 2.36. The highest BCUT2D eigenvalue weighted by atomic mass is 28.1. The van der Waals surface area contributed by atoms with Crippen molar-refractivity contribution in [1.82, 2.24) is 4.90 Å². The maximum Gasteiger partial charge on any atom is 0.0892 e. The zero-order chi connectivity index (χ0) is 7.56. The summed E-state index contributed by atoms with van der Waals surface area (Å²) in [5.41, 5.74) is 1.40. The Morgan fingerprint density at radius 1 is 1.60 bits per heavy atom. The van der Waals surface area contributed by atoms with Crippen LogP contribution in [0.15, 0.2) is 15.9 Å². The van der Waals surface area contributed by atoms with Crippen LogP contribution in [0.5, 0.6) is 0 Å². The van der Waals surface area contributed by atoms with E-state index in [1.807, 2.05) is 6.34 Å². The molecule has 3 heteroatoms. The molecule has 0 aliphatic carbocycles. The lowest BCUT2D eigenvalue weighted by Crippen LogP contribution is -2.18. The second-order valence-electron chi connectivity index (χ2n) is 2.80. The molecule has 0 aromatic heterocycles. The van der Waals surface area contributed by atoms with Gasteiger partial charge in [-0.2, -0.15) is 0 Å². The van der Waals surface area contributed by atoms with Crippen LogP contribution in [0.3, 0.4) is 0 Å². The summed E-state index contributed by atoms with van der Waals surface area (Å²) in [6, 6.07) is 0. The van der Waals surface area contributed by atoms with Gasteiger partial charge in [-0.25, -0.2) is 0 Å². The first-order chi connectivity index (χ1) is 4.72. The van der Waals surface area contributed by atoms with Gasteiger partial charge < -0.3 is 4.90 Å². The molecule has 0 saturated carbocycles. The SMILES string of the molecule is CC([SiH3])=C(C)N1C=NCC1. The van der Waals surface area contributed by atoms with E-state index in [2.05, 4.69) is 23.7 Å². The van der Waals surface area contributed by atoms with Crippen molar-refractivity contribution in [2.45, 2.75) is 13.8 Å². The molecule has 1 rings (SSSR count). The molecule has 0 saturated heterocycles. The third-order valence-electron chi connectivity index (χ3n) is 1.85. The van der Waals surface area contributed by atoms with Crippen LogP contribution in [0.4, 0.5) is 0 Å². The number of allylic oxidation sites excluding steroid dienone is 2. The van der Waals surface area contributed by atoms with E-state index in [4.69, 9.17) is 0 Å². The van der Waals surface area contributed by atoms with Gasteiger partial charge in [-0.15, -0.1) is 0 Å². The quantitative estimate of drug-likeness (QED) is 0.483. The highest BCUT2D eigenvalue weighted by Gasteiger charge is 2.06. The fourth-order valence-corrected chi connectivity index (χ4v) is 1.21. The Balaban J connectivity index is 2.65. The molecular formula is C7H14N2Si. The van der Waals surface area contributed by atoms with E-state index in [-0.39, 0.29) is 0 Å². The average molecular weight is 154 g/mol. The fraction of sp³-hybridized carbons (Fsp3) is 0.571. The smallest absolute Gasteiger partial charge is 0.0892 e. The standard InChI is InChI=1S/C7H14N2Si/c1-6(7(2)10)9-4-3-8-5-9/h5H,3-4H2,1-2,10H3. The van der Waals surface area contributed by atoms with Gasteiger partial charge in [0, 0.05) is 22.5 Å². The lowest BCUT2D eigenvalue weighted by atomic mass is 10.4. The van der Waals surface area contributed by atoms with E-state index in [1.54, 1.807) is 0 Å². The van der Waals surface area contributed by atoms with Crippen LogP contribution in [0.1, 0.15) is 13.8 Å². The number of rotatable bonds is 1. The molecule has 0 radical (unpaired) electrons. The summed E-state index contributed by atoms with van der Waals surface area (Å²) < 4.78 is 0. The normalized spacial score (nSPS) is 20.0. The Hall–Kier alpha value is -0.573. The Labute approximate surface area is 65.1 Å². The minimum atomic E-state index is 0.964. The van der Waals surface area contributed by atoms with Crippen LogP contribution in [0.25, 0.3) is 0 Å². The van der Waals surface area contributed by atoms with Crippen LogP contribution in [0, 0.1) is 0 Å². The molecule has 0 fully saturated rings. The maximum atomic E-state index is 4.15. The lowest BCUT2D eigenvalue weighted by Gasteiger charge is -2.15. The lowest BCUT2D eigenvalue weighted by molar-refractivity contribution is 0.571. The Morgan fingerprint density at radius 3 is 2.70 bits per heavy atom.